The van der Waals surface area contributed by atoms with Crippen molar-refractivity contribution in [2.45, 2.75) is 4.90 Å². The third kappa shape index (κ3) is 4.97. The minimum absolute atomic E-state index is 0.142. The number of hydrogen-bond acceptors (Lipinski definition) is 6. The monoisotopic (exact) mass is 318 g/mol. The number of aliphatic hydroxyl groups is 1. The van der Waals surface area contributed by atoms with E-state index in [0.29, 0.717) is 13.2 Å². The average molecular weight is 318 g/mol. The lowest BCUT2D eigenvalue weighted by Crippen LogP contribution is -2.28. The molecule has 0 saturated heterocycles. The summed E-state index contributed by atoms with van der Waals surface area (Å²) in [5.74, 6) is -1.22. The molecular weight excluding hydrogens is 300 g/mol. The molecule has 0 spiro atoms. The van der Waals surface area contributed by atoms with Gasteiger partial charge in [-0.1, -0.05) is 0 Å². The lowest BCUT2D eigenvalue weighted by molar-refractivity contribution is 0.0696. The number of anilines is 1. The number of aliphatic hydroxyl groups excluding tert-OH is 1. The Labute approximate surface area is 122 Å². The van der Waals surface area contributed by atoms with E-state index in [4.69, 9.17) is 14.9 Å². The minimum atomic E-state index is -3.92. The fraction of sp³-hybridized carbons (Fsp3) is 0.417. The van der Waals surface area contributed by atoms with Gasteiger partial charge in [0.1, 0.15) is 4.90 Å². The van der Waals surface area contributed by atoms with Crippen LogP contribution in [-0.4, -0.2) is 58.0 Å². The third-order valence-electron chi connectivity index (χ3n) is 2.54. The van der Waals surface area contributed by atoms with Crippen LogP contribution < -0.4 is 10.0 Å². The summed E-state index contributed by atoms with van der Waals surface area (Å²) in [6.07, 6.45) is 0. The molecule has 0 aliphatic heterocycles. The molecule has 0 aliphatic rings. The zero-order chi connectivity index (χ0) is 15.9. The third-order valence-corrected chi connectivity index (χ3v) is 4.04. The number of benzene rings is 1. The lowest BCUT2D eigenvalue weighted by atomic mass is 10.2. The van der Waals surface area contributed by atoms with Crippen molar-refractivity contribution in [3.63, 3.8) is 0 Å². The molecule has 9 heteroatoms. The van der Waals surface area contributed by atoms with Gasteiger partial charge in [-0.2, -0.15) is 0 Å². The van der Waals surface area contributed by atoms with Gasteiger partial charge in [0.05, 0.1) is 24.5 Å². The Morgan fingerprint density at radius 1 is 1.33 bits per heavy atom. The molecule has 0 amide bonds. The molecule has 1 aromatic rings. The number of nitrogens with one attached hydrogen (secondary N) is 2. The molecule has 0 aliphatic carbocycles. The second kappa shape index (κ2) is 7.93. The van der Waals surface area contributed by atoms with Crippen molar-refractivity contribution >= 4 is 21.7 Å². The van der Waals surface area contributed by atoms with Crippen molar-refractivity contribution in [1.29, 1.82) is 0 Å². The predicted molar refractivity (Wildman–Crippen MR) is 76.0 cm³/mol. The molecule has 8 nitrogen and oxygen atoms in total. The topological polar surface area (TPSA) is 125 Å². The lowest BCUT2D eigenvalue weighted by Gasteiger charge is -2.13. The number of sulfonamides is 1. The summed E-state index contributed by atoms with van der Waals surface area (Å²) >= 11 is 0. The molecule has 118 valence electrons. The number of methoxy groups -OCH3 is 1. The largest absolute Gasteiger partial charge is 0.478 e. The molecule has 0 bridgehead atoms. The van der Waals surface area contributed by atoms with Crippen molar-refractivity contribution in [2.24, 2.45) is 0 Å². The number of hydrogen-bond donors (Lipinski definition) is 4. The van der Waals surface area contributed by atoms with Gasteiger partial charge in [-0.05, 0) is 18.2 Å². The number of carboxylic acid groups (broad SMARTS) is 1. The maximum absolute atomic E-state index is 12.1. The van der Waals surface area contributed by atoms with Gasteiger partial charge in [0.2, 0.25) is 10.0 Å². The fourth-order valence-electron chi connectivity index (χ4n) is 1.57. The van der Waals surface area contributed by atoms with E-state index in [-0.39, 0.29) is 29.3 Å². The van der Waals surface area contributed by atoms with E-state index in [0.717, 1.165) is 6.07 Å². The molecule has 0 aromatic heterocycles. The summed E-state index contributed by atoms with van der Waals surface area (Å²) in [5, 5.41) is 20.5. The molecular formula is C12H18N2O6S. The van der Waals surface area contributed by atoms with Crippen LogP contribution in [0.15, 0.2) is 23.1 Å². The van der Waals surface area contributed by atoms with Crippen LogP contribution in [0.5, 0.6) is 0 Å². The molecule has 1 aromatic carbocycles. The van der Waals surface area contributed by atoms with E-state index >= 15 is 0 Å². The SMILES string of the molecule is COCCNc1ccc(C(=O)O)cc1S(=O)(=O)NCCO. The first-order valence-corrected chi connectivity index (χ1v) is 7.61. The second-order valence-corrected chi connectivity index (χ2v) is 5.79. The van der Waals surface area contributed by atoms with Gasteiger partial charge < -0.3 is 20.3 Å². The van der Waals surface area contributed by atoms with E-state index in [1.54, 1.807) is 0 Å². The summed E-state index contributed by atoms with van der Waals surface area (Å²) in [4.78, 5) is 10.8. The Kier molecular flexibility index (Phi) is 6.56. The molecule has 0 fully saturated rings. The maximum atomic E-state index is 12.1. The highest BCUT2D eigenvalue weighted by Crippen LogP contribution is 2.22. The van der Waals surface area contributed by atoms with Gasteiger partial charge in [0.15, 0.2) is 0 Å². The smallest absolute Gasteiger partial charge is 0.335 e. The molecule has 4 N–H and O–H groups in total. The van der Waals surface area contributed by atoms with Gasteiger partial charge in [-0.3, -0.25) is 0 Å². The normalized spacial score (nSPS) is 11.3. The molecule has 21 heavy (non-hydrogen) atoms. The Balaban J connectivity index is 3.16. The van der Waals surface area contributed by atoms with Gasteiger partial charge in [-0.25, -0.2) is 17.9 Å². The molecule has 0 unspecified atom stereocenters. The van der Waals surface area contributed by atoms with E-state index in [9.17, 15) is 13.2 Å². The summed E-state index contributed by atoms with van der Waals surface area (Å²) in [6, 6.07) is 3.76. The van der Waals surface area contributed by atoms with E-state index in [2.05, 4.69) is 10.0 Å². The van der Waals surface area contributed by atoms with Crippen LogP contribution in [0, 0.1) is 0 Å². The highest BCUT2D eigenvalue weighted by Gasteiger charge is 2.20. The molecule has 0 atom stereocenters. The van der Waals surface area contributed by atoms with Crippen molar-refractivity contribution < 1.29 is 28.2 Å². The van der Waals surface area contributed by atoms with Crippen molar-refractivity contribution in [2.75, 3.05) is 38.7 Å². The van der Waals surface area contributed by atoms with Gasteiger partial charge >= 0.3 is 5.97 Å². The fourth-order valence-corrected chi connectivity index (χ4v) is 2.80. The first-order valence-electron chi connectivity index (χ1n) is 6.13. The Morgan fingerprint density at radius 2 is 2.05 bits per heavy atom. The summed E-state index contributed by atoms with van der Waals surface area (Å²) in [6.45, 7) is 0.219. The van der Waals surface area contributed by atoms with E-state index < -0.39 is 16.0 Å². The summed E-state index contributed by atoms with van der Waals surface area (Å²) in [7, 11) is -2.41. The van der Waals surface area contributed by atoms with Crippen LogP contribution in [-0.2, 0) is 14.8 Å². The van der Waals surface area contributed by atoms with Gasteiger partial charge in [0.25, 0.3) is 0 Å². The summed E-state index contributed by atoms with van der Waals surface area (Å²) in [5.41, 5.74) is 0.124. The van der Waals surface area contributed by atoms with Crippen molar-refractivity contribution in [3.05, 3.63) is 23.8 Å². The zero-order valence-electron chi connectivity index (χ0n) is 11.5. The number of rotatable bonds is 9. The maximum Gasteiger partial charge on any atom is 0.335 e. The van der Waals surface area contributed by atoms with Gasteiger partial charge in [0, 0.05) is 20.2 Å². The van der Waals surface area contributed by atoms with E-state index in [1.807, 2.05) is 0 Å². The highest BCUT2D eigenvalue weighted by molar-refractivity contribution is 7.89. The first kappa shape index (κ1) is 17.4. The van der Waals surface area contributed by atoms with Crippen LogP contribution >= 0.6 is 0 Å². The van der Waals surface area contributed by atoms with Crippen LogP contribution in [0.4, 0.5) is 5.69 Å². The van der Waals surface area contributed by atoms with E-state index in [1.165, 1.54) is 19.2 Å². The number of carboxylic acids is 1. The van der Waals surface area contributed by atoms with Crippen molar-refractivity contribution in [1.82, 2.24) is 4.72 Å². The standard InChI is InChI=1S/C12H18N2O6S/c1-20-7-5-13-10-3-2-9(12(16)17)8-11(10)21(18,19)14-4-6-15/h2-3,8,13-15H,4-7H2,1H3,(H,16,17). The quantitative estimate of drug-likeness (QED) is 0.461. The van der Waals surface area contributed by atoms with Crippen molar-refractivity contribution in [3.8, 4) is 0 Å². The molecule has 0 heterocycles. The number of aromatic carboxylic acids is 1. The minimum Gasteiger partial charge on any atom is -0.478 e. The van der Waals surface area contributed by atoms with Crippen LogP contribution in [0.1, 0.15) is 10.4 Å². The van der Waals surface area contributed by atoms with Crippen LogP contribution in [0.25, 0.3) is 0 Å². The first-order chi connectivity index (χ1) is 9.92. The Hall–Kier alpha value is -1.68. The molecule has 0 radical (unpaired) electrons. The van der Waals surface area contributed by atoms with Crippen LogP contribution in [0.2, 0.25) is 0 Å². The molecule has 1 rings (SSSR count). The Morgan fingerprint density at radius 3 is 2.62 bits per heavy atom. The average Bonchev–Trinajstić information content (AvgIpc) is 2.45. The highest BCUT2D eigenvalue weighted by atomic mass is 32.2. The number of ether oxygens (including phenoxy) is 1. The second-order valence-electron chi connectivity index (χ2n) is 4.06. The number of carbonyl (C=O) groups is 1. The predicted octanol–water partition coefficient (Wildman–Crippen LogP) is -0.286. The Bertz CT molecular complexity index is 587. The summed E-state index contributed by atoms with van der Waals surface area (Å²) < 4.78 is 31.3. The zero-order valence-corrected chi connectivity index (χ0v) is 12.3. The van der Waals surface area contributed by atoms with Gasteiger partial charge in [-0.15, -0.1) is 0 Å². The molecule has 0 saturated carbocycles. The van der Waals surface area contributed by atoms with Crippen LogP contribution in [0.3, 0.4) is 0 Å².